The van der Waals surface area contributed by atoms with Crippen LogP contribution in [0.5, 0.6) is 6.08 Å². The van der Waals surface area contributed by atoms with Crippen molar-refractivity contribution < 1.29 is 14.1 Å². The van der Waals surface area contributed by atoms with Gasteiger partial charge in [0.25, 0.3) is 0 Å². The van der Waals surface area contributed by atoms with Crippen LogP contribution in [0.1, 0.15) is 25.2 Å². The fourth-order valence-corrected chi connectivity index (χ4v) is 1.49. The Morgan fingerprint density at radius 1 is 1.26 bits per heavy atom. The molecule has 5 nitrogen and oxygen atoms in total. The van der Waals surface area contributed by atoms with Crippen LogP contribution in [-0.2, 0) is 17.6 Å². The van der Waals surface area contributed by atoms with Gasteiger partial charge in [-0.3, -0.25) is 9.32 Å². The Morgan fingerprint density at radius 2 is 2.00 bits per heavy atom. The SMILES string of the molecule is CC(C)C(=O)Oc1nc(CCc2ccccc2)no1. The summed E-state index contributed by atoms with van der Waals surface area (Å²) in [6.45, 7) is 3.49. The van der Waals surface area contributed by atoms with E-state index < -0.39 is 0 Å². The van der Waals surface area contributed by atoms with Crippen molar-refractivity contribution in [3.63, 3.8) is 0 Å². The van der Waals surface area contributed by atoms with Gasteiger partial charge in [0.15, 0.2) is 5.82 Å². The maximum atomic E-state index is 11.4. The summed E-state index contributed by atoms with van der Waals surface area (Å²) < 4.78 is 9.80. The number of rotatable bonds is 5. The Morgan fingerprint density at radius 3 is 2.68 bits per heavy atom. The summed E-state index contributed by atoms with van der Waals surface area (Å²) in [5, 5.41) is 3.78. The zero-order valence-electron chi connectivity index (χ0n) is 11.0. The minimum Gasteiger partial charge on any atom is -0.375 e. The number of hydrogen-bond donors (Lipinski definition) is 0. The van der Waals surface area contributed by atoms with Crippen molar-refractivity contribution in [2.24, 2.45) is 5.92 Å². The Bertz CT molecular complexity index is 535. The quantitative estimate of drug-likeness (QED) is 0.772. The lowest BCUT2D eigenvalue weighted by Crippen LogP contribution is -2.14. The number of carbonyl (C=O) groups is 1. The van der Waals surface area contributed by atoms with Crippen molar-refractivity contribution in [2.75, 3.05) is 0 Å². The zero-order valence-corrected chi connectivity index (χ0v) is 11.0. The van der Waals surface area contributed by atoms with E-state index in [-0.39, 0.29) is 18.0 Å². The second-order valence-corrected chi connectivity index (χ2v) is 4.54. The first-order valence-corrected chi connectivity index (χ1v) is 6.23. The summed E-state index contributed by atoms with van der Waals surface area (Å²) in [5.41, 5.74) is 1.20. The smallest absolute Gasteiger partial charge is 0.375 e. The van der Waals surface area contributed by atoms with Gasteiger partial charge < -0.3 is 4.74 Å². The van der Waals surface area contributed by atoms with Crippen molar-refractivity contribution in [1.82, 2.24) is 10.1 Å². The second kappa shape index (κ2) is 6.13. The molecule has 0 unspecified atom stereocenters. The molecule has 0 saturated heterocycles. The van der Waals surface area contributed by atoms with Crippen molar-refractivity contribution in [2.45, 2.75) is 26.7 Å². The van der Waals surface area contributed by atoms with E-state index >= 15 is 0 Å². The van der Waals surface area contributed by atoms with Gasteiger partial charge in [0, 0.05) is 6.42 Å². The van der Waals surface area contributed by atoms with Crippen LogP contribution in [0.25, 0.3) is 0 Å². The molecule has 19 heavy (non-hydrogen) atoms. The number of esters is 1. The van der Waals surface area contributed by atoms with E-state index in [1.54, 1.807) is 13.8 Å². The maximum Gasteiger partial charge on any atom is 0.425 e. The van der Waals surface area contributed by atoms with E-state index in [9.17, 15) is 4.79 Å². The third kappa shape index (κ3) is 3.91. The lowest BCUT2D eigenvalue weighted by molar-refractivity contribution is -0.139. The molecular weight excluding hydrogens is 244 g/mol. The van der Waals surface area contributed by atoms with Gasteiger partial charge in [0.05, 0.1) is 5.92 Å². The molecular formula is C14H16N2O3. The molecule has 0 fully saturated rings. The number of ether oxygens (including phenoxy) is 1. The number of aryl methyl sites for hydroxylation is 2. The predicted molar refractivity (Wildman–Crippen MR) is 68.6 cm³/mol. The first-order valence-electron chi connectivity index (χ1n) is 6.23. The van der Waals surface area contributed by atoms with E-state index in [0.717, 1.165) is 6.42 Å². The second-order valence-electron chi connectivity index (χ2n) is 4.54. The highest BCUT2D eigenvalue weighted by Gasteiger charge is 2.15. The largest absolute Gasteiger partial charge is 0.425 e. The first-order chi connectivity index (χ1) is 9.15. The summed E-state index contributed by atoms with van der Waals surface area (Å²) in [7, 11) is 0. The van der Waals surface area contributed by atoms with E-state index in [2.05, 4.69) is 10.1 Å². The third-order valence-corrected chi connectivity index (χ3v) is 2.59. The van der Waals surface area contributed by atoms with Gasteiger partial charge in [-0.2, -0.15) is 4.98 Å². The summed E-state index contributed by atoms with van der Waals surface area (Å²) in [6, 6.07) is 10.0. The number of benzene rings is 1. The Balaban J connectivity index is 1.89. The monoisotopic (exact) mass is 260 g/mol. The van der Waals surface area contributed by atoms with Crippen molar-refractivity contribution in [3.05, 3.63) is 41.7 Å². The van der Waals surface area contributed by atoms with Crippen LogP contribution >= 0.6 is 0 Å². The van der Waals surface area contributed by atoms with Gasteiger partial charge in [-0.25, -0.2) is 0 Å². The highest BCUT2D eigenvalue weighted by molar-refractivity contribution is 5.73. The molecule has 0 aliphatic carbocycles. The molecule has 0 saturated carbocycles. The highest BCUT2D eigenvalue weighted by Crippen LogP contribution is 2.11. The number of hydrogen-bond acceptors (Lipinski definition) is 5. The minimum absolute atomic E-state index is 0.0817. The molecule has 5 heteroatoms. The van der Waals surface area contributed by atoms with Crippen LogP contribution < -0.4 is 4.74 Å². The molecule has 1 aromatic carbocycles. The lowest BCUT2D eigenvalue weighted by atomic mass is 10.1. The van der Waals surface area contributed by atoms with Gasteiger partial charge in [-0.1, -0.05) is 49.3 Å². The third-order valence-electron chi connectivity index (χ3n) is 2.59. The molecule has 2 rings (SSSR count). The molecule has 2 aromatic rings. The Hall–Kier alpha value is -2.17. The molecule has 0 N–H and O–H groups in total. The van der Waals surface area contributed by atoms with Crippen LogP contribution in [0, 0.1) is 5.92 Å². The molecule has 1 heterocycles. The predicted octanol–water partition coefficient (Wildman–Crippen LogP) is 2.42. The summed E-state index contributed by atoms with van der Waals surface area (Å²) in [6.07, 6.45) is 1.38. The topological polar surface area (TPSA) is 65.2 Å². The number of aromatic nitrogens is 2. The van der Waals surface area contributed by atoms with Gasteiger partial charge >= 0.3 is 12.0 Å². The zero-order chi connectivity index (χ0) is 13.7. The molecule has 1 aromatic heterocycles. The van der Waals surface area contributed by atoms with E-state index in [1.165, 1.54) is 5.56 Å². The molecule has 0 amide bonds. The van der Waals surface area contributed by atoms with E-state index in [1.807, 2.05) is 30.3 Å². The molecule has 0 aliphatic heterocycles. The van der Waals surface area contributed by atoms with E-state index in [4.69, 9.17) is 9.26 Å². The van der Waals surface area contributed by atoms with Crippen LogP contribution in [0.4, 0.5) is 0 Å². The fourth-order valence-electron chi connectivity index (χ4n) is 1.49. The van der Waals surface area contributed by atoms with Crippen LogP contribution in [0.3, 0.4) is 0 Å². The lowest BCUT2D eigenvalue weighted by Gasteiger charge is -2.00. The van der Waals surface area contributed by atoms with Gasteiger partial charge in [0.2, 0.25) is 0 Å². The summed E-state index contributed by atoms with van der Waals surface area (Å²) >= 11 is 0. The molecule has 100 valence electrons. The maximum absolute atomic E-state index is 11.4. The normalized spacial score (nSPS) is 10.7. The molecule has 0 aliphatic rings. The minimum atomic E-state index is -0.377. The molecule has 0 spiro atoms. The van der Waals surface area contributed by atoms with Crippen LogP contribution in [-0.4, -0.2) is 16.1 Å². The van der Waals surface area contributed by atoms with Crippen molar-refractivity contribution in [3.8, 4) is 6.08 Å². The summed E-state index contributed by atoms with van der Waals surface area (Å²) in [5.74, 6) is -0.0617. The highest BCUT2D eigenvalue weighted by atomic mass is 16.7. The Kier molecular flexibility index (Phi) is 4.28. The standard InChI is InChI=1S/C14H16N2O3/c1-10(2)13(17)18-14-15-12(16-19-14)9-8-11-6-4-3-5-7-11/h3-7,10H,8-9H2,1-2H3. The van der Waals surface area contributed by atoms with Gasteiger partial charge in [-0.05, 0) is 12.0 Å². The number of carbonyl (C=O) groups excluding carboxylic acids is 1. The van der Waals surface area contributed by atoms with Gasteiger partial charge in [-0.15, -0.1) is 0 Å². The molecule has 0 atom stereocenters. The average molecular weight is 260 g/mol. The van der Waals surface area contributed by atoms with E-state index in [0.29, 0.717) is 12.2 Å². The van der Waals surface area contributed by atoms with Crippen molar-refractivity contribution >= 4 is 5.97 Å². The molecule has 0 bridgehead atoms. The Labute approximate surface area is 111 Å². The molecule has 0 radical (unpaired) electrons. The fraction of sp³-hybridized carbons (Fsp3) is 0.357. The first kappa shape index (κ1) is 13.3. The summed E-state index contributed by atoms with van der Waals surface area (Å²) in [4.78, 5) is 15.4. The van der Waals surface area contributed by atoms with Crippen molar-refractivity contribution in [1.29, 1.82) is 0 Å². The average Bonchev–Trinajstić information content (AvgIpc) is 2.85. The van der Waals surface area contributed by atoms with Crippen LogP contribution in [0.15, 0.2) is 34.9 Å². The van der Waals surface area contributed by atoms with Gasteiger partial charge in [0.1, 0.15) is 0 Å². The number of nitrogens with zero attached hydrogens (tertiary/aromatic N) is 2. The van der Waals surface area contributed by atoms with Crippen LogP contribution in [0.2, 0.25) is 0 Å².